The molecule has 1 N–H and O–H groups in total. The van der Waals surface area contributed by atoms with Crippen molar-refractivity contribution in [3.05, 3.63) is 57.3 Å². The first-order chi connectivity index (χ1) is 11.5. The van der Waals surface area contributed by atoms with Crippen LogP contribution >= 0.6 is 11.3 Å². The minimum Gasteiger partial charge on any atom is -0.478 e. The van der Waals surface area contributed by atoms with Crippen LogP contribution in [0.15, 0.2) is 35.7 Å². The van der Waals surface area contributed by atoms with Crippen LogP contribution in [0.4, 0.5) is 0 Å². The van der Waals surface area contributed by atoms with Gasteiger partial charge in [0, 0.05) is 13.1 Å². The second kappa shape index (κ2) is 7.28. The Kier molecular flexibility index (Phi) is 5.11. The summed E-state index contributed by atoms with van der Waals surface area (Å²) in [6.07, 6.45) is 2.26. The number of piperidine rings is 1. The number of rotatable bonds is 5. The van der Waals surface area contributed by atoms with Crippen molar-refractivity contribution in [2.45, 2.75) is 32.2 Å². The molecule has 1 atom stereocenters. The monoisotopic (exact) mass is 343 g/mol. The van der Waals surface area contributed by atoms with E-state index in [1.807, 2.05) is 18.2 Å². The van der Waals surface area contributed by atoms with Crippen LogP contribution in [-0.4, -0.2) is 34.8 Å². The highest BCUT2D eigenvalue weighted by Gasteiger charge is 2.22. The first kappa shape index (κ1) is 16.9. The van der Waals surface area contributed by atoms with Gasteiger partial charge in [-0.3, -0.25) is 9.69 Å². The van der Waals surface area contributed by atoms with Gasteiger partial charge in [0.2, 0.25) is 0 Å². The van der Waals surface area contributed by atoms with Crippen LogP contribution in [0.2, 0.25) is 0 Å². The van der Waals surface area contributed by atoms with Crippen molar-refractivity contribution in [3.8, 4) is 0 Å². The van der Waals surface area contributed by atoms with Crippen molar-refractivity contribution in [2.24, 2.45) is 0 Å². The molecule has 0 amide bonds. The molecule has 1 saturated heterocycles. The van der Waals surface area contributed by atoms with Gasteiger partial charge in [-0.15, -0.1) is 11.3 Å². The first-order valence-corrected chi connectivity index (χ1v) is 9.05. The van der Waals surface area contributed by atoms with Crippen LogP contribution in [-0.2, 0) is 6.54 Å². The lowest BCUT2D eigenvalue weighted by Gasteiger charge is -2.32. The van der Waals surface area contributed by atoms with E-state index in [0.29, 0.717) is 11.5 Å². The van der Waals surface area contributed by atoms with E-state index < -0.39 is 5.97 Å². The van der Waals surface area contributed by atoms with Gasteiger partial charge in [0.05, 0.1) is 10.4 Å². The highest BCUT2D eigenvalue weighted by atomic mass is 32.1. The van der Waals surface area contributed by atoms with E-state index in [4.69, 9.17) is 5.11 Å². The molecule has 24 heavy (non-hydrogen) atoms. The standard InChI is InChI=1S/C19H21NO3S/c1-13(21)18-9-14(12-24-18)10-20-8-2-3-17(11-20)15-4-6-16(7-5-15)19(22)23/h4-7,9,12,17H,2-3,8,10-11H2,1H3,(H,22,23)/t17-/m1/s1. The topological polar surface area (TPSA) is 57.6 Å². The molecule has 3 rings (SSSR count). The van der Waals surface area contributed by atoms with Gasteiger partial charge in [-0.2, -0.15) is 0 Å². The summed E-state index contributed by atoms with van der Waals surface area (Å²) < 4.78 is 0. The summed E-state index contributed by atoms with van der Waals surface area (Å²) in [6.45, 7) is 4.51. The van der Waals surface area contributed by atoms with Crippen LogP contribution in [0.1, 0.15) is 56.8 Å². The SMILES string of the molecule is CC(=O)c1cc(CN2CCC[C@@H](c3ccc(C(=O)O)cc3)C2)cs1. The van der Waals surface area contributed by atoms with Crippen LogP contribution in [0.3, 0.4) is 0 Å². The molecule has 0 aliphatic carbocycles. The maximum atomic E-state index is 11.4. The zero-order valence-electron chi connectivity index (χ0n) is 13.7. The Hall–Kier alpha value is -1.98. The molecule has 1 aliphatic heterocycles. The number of likely N-dealkylation sites (tertiary alicyclic amines) is 1. The number of hydrogen-bond donors (Lipinski definition) is 1. The second-order valence-corrected chi connectivity index (χ2v) is 7.29. The van der Waals surface area contributed by atoms with E-state index in [1.165, 1.54) is 22.5 Å². The Labute approximate surface area is 145 Å². The number of carboxylic acid groups (broad SMARTS) is 1. The minimum absolute atomic E-state index is 0.126. The summed E-state index contributed by atoms with van der Waals surface area (Å²) in [5.74, 6) is -0.320. The predicted molar refractivity (Wildman–Crippen MR) is 95.0 cm³/mol. The molecular formula is C19H21NO3S. The molecule has 1 fully saturated rings. The number of hydrogen-bond acceptors (Lipinski definition) is 4. The smallest absolute Gasteiger partial charge is 0.335 e. The van der Waals surface area contributed by atoms with E-state index in [9.17, 15) is 9.59 Å². The molecule has 0 spiro atoms. The van der Waals surface area contributed by atoms with Gasteiger partial charge < -0.3 is 5.11 Å². The van der Waals surface area contributed by atoms with E-state index in [1.54, 1.807) is 19.1 Å². The average Bonchev–Trinajstić information content (AvgIpc) is 3.04. The number of carbonyl (C=O) groups excluding carboxylic acids is 1. The van der Waals surface area contributed by atoms with Gasteiger partial charge in [-0.05, 0) is 66.9 Å². The minimum atomic E-state index is -0.884. The Morgan fingerprint density at radius 3 is 2.67 bits per heavy atom. The third kappa shape index (κ3) is 3.91. The van der Waals surface area contributed by atoms with E-state index >= 15 is 0 Å². The van der Waals surface area contributed by atoms with Crippen LogP contribution < -0.4 is 0 Å². The van der Waals surface area contributed by atoms with Crippen molar-refractivity contribution in [1.29, 1.82) is 0 Å². The third-order valence-corrected chi connectivity index (χ3v) is 5.62. The molecule has 1 aromatic heterocycles. The number of nitrogens with zero attached hydrogens (tertiary/aromatic N) is 1. The van der Waals surface area contributed by atoms with Gasteiger partial charge in [0.1, 0.15) is 0 Å². The molecule has 2 heterocycles. The summed E-state index contributed by atoms with van der Waals surface area (Å²) in [4.78, 5) is 25.6. The number of aromatic carboxylic acids is 1. The summed E-state index contributed by atoms with van der Waals surface area (Å²) in [6, 6.07) is 9.26. The Balaban J connectivity index is 1.65. The average molecular weight is 343 g/mol. The molecule has 126 valence electrons. The van der Waals surface area contributed by atoms with Crippen molar-refractivity contribution in [2.75, 3.05) is 13.1 Å². The van der Waals surface area contributed by atoms with Crippen molar-refractivity contribution in [3.63, 3.8) is 0 Å². The molecule has 0 saturated carbocycles. The fourth-order valence-corrected chi connectivity index (χ4v) is 4.08. The molecular weight excluding hydrogens is 322 g/mol. The van der Waals surface area contributed by atoms with Crippen molar-refractivity contribution in [1.82, 2.24) is 4.90 Å². The molecule has 4 nitrogen and oxygen atoms in total. The van der Waals surface area contributed by atoms with E-state index in [0.717, 1.165) is 37.4 Å². The number of carboxylic acids is 1. The van der Waals surface area contributed by atoms with Gasteiger partial charge in [0.25, 0.3) is 0 Å². The highest BCUT2D eigenvalue weighted by Crippen LogP contribution is 2.28. The second-order valence-electron chi connectivity index (χ2n) is 6.38. The molecule has 0 unspecified atom stereocenters. The van der Waals surface area contributed by atoms with Gasteiger partial charge >= 0.3 is 5.97 Å². The number of carbonyl (C=O) groups is 2. The van der Waals surface area contributed by atoms with Crippen molar-refractivity contribution >= 4 is 23.1 Å². The van der Waals surface area contributed by atoms with E-state index in [2.05, 4.69) is 10.3 Å². The number of Topliss-reactive ketones (excluding diaryl/α,β-unsaturated/α-hetero) is 1. The molecule has 1 aromatic carbocycles. The Bertz CT molecular complexity index is 735. The van der Waals surface area contributed by atoms with E-state index in [-0.39, 0.29) is 5.78 Å². The fraction of sp³-hybridized carbons (Fsp3) is 0.368. The number of thiophene rings is 1. The van der Waals surface area contributed by atoms with Crippen LogP contribution in [0.5, 0.6) is 0 Å². The largest absolute Gasteiger partial charge is 0.478 e. The third-order valence-electron chi connectivity index (χ3n) is 4.54. The summed E-state index contributed by atoms with van der Waals surface area (Å²) in [5, 5.41) is 11.1. The lowest BCUT2D eigenvalue weighted by atomic mass is 9.90. The van der Waals surface area contributed by atoms with Crippen LogP contribution in [0.25, 0.3) is 0 Å². The summed E-state index contributed by atoms with van der Waals surface area (Å²) in [7, 11) is 0. The summed E-state index contributed by atoms with van der Waals surface area (Å²) in [5.41, 5.74) is 2.74. The predicted octanol–water partition coefficient (Wildman–Crippen LogP) is 4.03. The quantitative estimate of drug-likeness (QED) is 0.833. The molecule has 0 radical (unpaired) electrons. The lowest BCUT2D eigenvalue weighted by molar-refractivity contribution is 0.0696. The molecule has 0 bridgehead atoms. The first-order valence-electron chi connectivity index (χ1n) is 8.17. The highest BCUT2D eigenvalue weighted by molar-refractivity contribution is 7.12. The normalized spacial score (nSPS) is 18.5. The summed E-state index contributed by atoms with van der Waals surface area (Å²) >= 11 is 1.52. The fourth-order valence-electron chi connectivity index (χ4n) is 3.27. The molecule has 1 aliphatic rings. The number of benzene rings is 1. The Morgan fingerprint density at radius 1 is 1.29 bits per heavy atom. The maximum Gasteiger partial charge on any atom is 0.335 e. The maximum absolute atomic E-state index is 11.4. The van der Waals surface area contributed by atoms with Crippen LogP contribution in [0, 0.1) is 0 Å². The van der Waals surface area contributed by atoms with Gasteiger partial charge in [-0.25, -0.2) is 4.79 Å². The lowest BCUT2D eigenvalue weighted by Crippen LogP contribution is -2.33. The Morgan fingerprint density at radius 2 is 2.04 bits per heavy atom. The zero-order chi connectivity index (χ0) is 17.1. The zero-order valence-corrected chi connectivity index (χ0v) is 14.5. The molecule has 5 heteroatoms. The molecule has 2 aromatic rings. The number of ketones is 1. The van der Waals surface area contributed by atoms with Gasteiger partial charge in [-0.1, -0.05) is 12.1 Å². The van der Waals surface area contributed by atoms with Gasteiger partial charge in [0.15, 0.2) is 5.78 Å². The van der Waals surface area contributed by atoms with Crippen molar-refractivity contribution < 1.29 is 14.7 Å².